The lowest BCUT2D eigenvalue weighted by atomic mass is 10.0. The lowest BCUT2D eigenvalue weighted by molar-refractivity contribution is 0.102. The van der Waals surface area contributed by atoms with E-state index in [9.17, 15) is 9.18 Å². The van der Waals surface area contributed by atoms with Gasteiger partial charge in [0.2, 0.25) is 0 Å². The predicted octanol–water partition coefficient (Wildman–Crippen LogP) is 3.00. The van der Waals surface area contributed by atoms with Gasteiger partial charge in [0.05, 0.1) is 0 Å². The van der Waals surface area contributed by atoms with Crippen LogP contribution in [0.1, 0.15) is 29.9 Å². The lowest BCUT2D eigenvalue weighted by Gasteiger charge is -2.09. The molecule has 1 aromatic heterocycles. The second-order valence-corrected chi connectivity index (χ2v) is 4.83. The number of carbonyl (C=O) groups excluding carboxylic acids is 1. The zero-order valence-corrected chi connectivity index (χ0v) is 10.9. The van der Waals surface area contributed by atoms with Crippen molar-refractivity contribution in [1.82, 2.24) is 10.2 Å². The highest BCUT2D eigenvalue weighted by Crippen LogP contribution is 2.18. The molecule has 5 heteroatoms. The van der Waals surface area contributed by atoms with Crippen LogP contribution in [-0.2, 0) is 6.42 Å². The summed E-state index contributed by atoms with van der Waals surface area (Å²) in [6.45, 7) is 4.07. The number of aromatic nitrogens is 2. The summed E-state index contributed by atoms with van der Waals surface area (Å²) >= 11 is 0. The molecule has 0 spiro atoms. The summed E-state index contributed by atoms with van der Waals surface area (Å²) in [6.07, 6.45) is 2.17. The summed E-state index contributed by atoms with van der Waals surface area (Å²) in [5.41, 5.74) is 1.44. The van der Waals surface area contributed by atoms with Crippen molar-refractivity contribution in [2.45, 2.75) is 20.3 Å². The Morgan fingerprint density at radius 3 is 2.79 bits per heavy atom. The third-order valence-corrected chi connectivity index (χ3v) is 2.68. The molecule has 2 aromatic rings. The van der Waals surface area contributed by atoms with Gasteiger partial charge in [0.25, 0.3) is 5.91 Å². The number of hydrogen-bond acceptors (Lipinski definition) is 2. The van der Waals surface area contributed by atoms with Gasteiger partial charge < -0.3 is 5.32 Å². The Bertz CT molecular complexity index is 564. The summed E-state index contributed by atoms with van der Waals surface area (Å²) in [4.78, 5) is 11.7. The Labute approximate surface area is 111 Å². The van der Waals surface area contributed by atoms with E-state index in [1.54, 1.807) is 18.2 Å². The van der Waals surface area contributed by atoms with Crippen LogP contribution < -0.4 is 5.32 Å². The first-order valence-corrected chi connectivity index (χ1v) is 6.15. The number of anilines is 1. The monoisotopic (exact) mass is 261 g/mol. The van der Waals surface area contributed by atoms with E-state index in [0.717, 1.165) is 0 Å². The molecule has 0 aliphatic heterocycles. The fourth-order valence-corrected chi connectivity index (χ4v) is 1.81. The van der Waals surface area contributed by atoms with E-state index < -0.39 is 0 Å². The van der Waals surface area contributed by atoms with E-state index in [1.807, 2.05) is 13.8 Å². The fourth-order valence-electron chi connectivity index (χ4n) is 1.81. The smallest absolute Gasteiger partial charge is 0.273 e. The Morgan fingerprint density at radius 2 is 2.21 bits per heavy atom. The number of nitrogens with one attached hydrogen (secondary N) is 2. The van der Waals surface area contributed by atoms with Crippen molar-refractivity contribution in [2.24, 2.45) is 5.92 Å². The van der Waals surface area contributed by atoms with Crippen LogP contribution in [0.2, 0.25) is 0 Å². The summed E-state index contributed by atoms with van der Waals surface area (Å²) in [5, 5.41) is 8.86. The van der Waals surface area contributed by atoms with Crippen LogP contribution in [0.25, 0.3) is 0 Å². The summed E-state index contributed by atoms with van der Waals surface area (Å²) in [7, 11) is 0. The molecule has 0 unspecified atom stereocenters. The van der Waals surface area contributed by atoms with E-state index in [1.165, 1.54) is 12.3 Å². The van der Waals surface area contributed by atoms with Crippen LogP contribution in [0.3, 0.4) is 0 Å². The van der Waals surface area contributed by atoms with E-state index in [-0.39, 0.29) is 11.7 Å². The molecule has 0 radical (unpaired) electrons. The van der Waals surface area contributed by atoms with Gasteiger partial charge in [-0.15, -0.1) is 0 Å². The Hall–Kier alpha value is -2.17. The van der Waals surface area contributed by atoms with Crippen LogP contribution in [0, 0.1) is 11.7 Å². The van der Waals surface area contributed by atoms with Crippen LogP contribution in [0.4, 0.5) is 10.1 Å². The molecule has 2 N–H and O–H groups in total. The Balaban J connectivity index is 2.10. The predicted molar refractivity (Wildman–Crippen MR) is 71.5 cm³/mol. The van der Waals surface area contributed by atoms with Crippen LogP contribution in [0.5, 0.6) is 0 Å². The number of rotatable bonds is 4. The second-order valence-electron chi connectivity index (χ2n) is 4.83. The van der Waals surface area contributed by atoms with Gasteiger partial charge in [0.1, 0.15) is 11.5 Å². The standard InChI is InChI=1S/C14H16FN3O/c1-9(2)7-10-3-4-11(8-12(10)15)17-14(19)13-5-6-16-18-13/h3-6,8-9H,7H2,1-2H3,(H,16,18)(H,17,19). The molecule has 0 aliphatic carbocycles. The van der Waals surface area contributed by atoms with Gasteiger partial charge in [0.15, 0.2) is 0 Å². The van der Waals surface area contributed by atoms with Gasteiger partial charge in [-0.1, -0.05) is 19.9 Å². The Morgan fingerprint density at radius 1 is 1.42 bits per heavy atom. The van der Waals surface area contributed by atoms with Gasteiger partial charge in [-0.05, 0) is 36.1 Å². The average Bonchev–Trinajstić information content (AvgIpc) is 2.86. The number of halogens is 1. The first-order chi connectivity index (χ1) is 9.06. The third-order valence-electron chi connectivity index (χ3n) is 2.68. The molecule has 0 bridgehead atoms. The van der Waals surface area contributed by atoms with Crippen molar-refractivity contribution in [2.75, 3.05) is 5.32 Å². The molecule has 0 aliphatic rings. The minimum absolute atomic E-state index is 0.295. The maximum atomic E-state index is 13.8. The molecule has 100 valence electrons. The molecular formula is C14H16FN3O. The zero-order valence-electron chi connectivity index (χ0n) is 10.9. The normalized spacial score (nSPS) is 10.7. The van der Waals surface area contributed by atoms with Gasteiger partial charge in [0, 0.05) is 11.9 Å². The van der Waals surface area contributed by atoms with Crippen LogP contribution in [-0.4, -0.2) is 16.1 Å². The maximum Gasteiger partial charge on any atom is 0.273 e. The molecule has 0 atom stereocenters. The maximum absolute atomic E-state index is 13.8. The van der Waals surface area contributed by atoms with E-state index in [0.29, 0.717) is 29.3 Å². The van der Waals surface area contributed by atoms with Crippen molar-refractivity contribution in [1.29, 1.82) is 0 Å². The number of hydrogen-bond donors (Lipinski definition) is 2. The zero-order chi connectivity index (χ0) is 13.8. The number of aromatic amines is 1. The first kappa shape index (κ1) is 13.3. The molecule has 1 aromatic carbocycles. The quantitative estimate of drug-likeness (QED) is 0.888. The van der Waals surface area contributed by atoms with Crippen LogP contribution in [0.15, 0.2) is 30.5 Å². The second kappa shape index (κ2) is 5.65. The minimum Gasteiger partial charge on any atom is -0.321 e. The highest BCUT2D eigenvalue weighted by molar-refractivity contribution is 6.02. The van der Waals surface area contributed by atoms with Crippen molar-refractivity contribution in [3.05, 3.63) is 47.5 Å². The highest BCUT2D eigenvalue weighted by atomic mass is 19.1. The Kier molecular flexibility index (Phi) is 3.94. The number of nitrogens with zero attached hydrogens (tertiary/aromatic N) is 1. The van der Waals surface area contributed by atoms with E-state index >= 15 is 0 Å². The summed E-state index contributed by atoms with van der Waals surface area (Å²) < 4.78 is 13.8. The lowest BCUT2D eigenvalue weighted by Crippen LogP contribution is -2.12. The van der Waals surface area contributed by atoms with E-state index in [2.05, 4.69) is 15.5 Å². The number of amides is 1. The highest BCUT2D eigenvalue weighted by Gasteiger charge is 2.10. The minimum atomic E-state index is -0.339. The first-order valence-electron chi connectivity index (χ1n) is 6.15. The number of carbonyl (C=O) groups is 1. The van der Waals surface area contributed by atoms with Gasteiger partial charge in [-0.2, -0.15) is 5.10 Å². The van der Waals surface area contributed by atoms with E-state index in [4.69, 9.17) is 0 Å². The van der Waals surface area contributed by atoms with Crippen molar-refractivity contribution < 1.29 is 9.18 Å². The molecule has 0 saturated carbocycles. The molecule has 19 heavy (non-hydrogen) atoms. The largest absolute Gasteiger partial charge is 0.321 e. The van der Waals surface area contributed by atoms with Crippen LogP contribution >= 0.6 is 0 Å². The molecule has 0 fully saturated rings. The molecular weight excluding hydrogens is 245 g/mol. The van der Waals surface area contributed by atoms with Gasteiger partial charge >= 0.3 is 0 Å². The fraction of sp³-hybridized carbons (Fsp3) is 0.286. The van der Waals surface area contributed by atoms with Crippen molar-refractivity contribution in [3.8, 4) is 0 Å². The third kappa shape index (κ3) is 3.40. The molecule has 2 rings (SSSR count). The topological polar surface area (TPSA) is 57.8 Å². The SMILES string of the molecule is CC(C)Cc1ccc(NC(=O)c2ccn[nH]2)cc1F. The van der Waals surface area contributed by atoms with Gasteiger partial charge in [-0.25, -0.2) is 4.39 Å². The molecule has 4 nitrogen and oxygen atoms in total. The summed E-state index contributed by atoms with van der Waals surface area (Å²) in [5.74, 6) is -0.246. The van der Waals surface area contributed by atoms with Crippen molar-refractivity contribution >= 4 is 11.6 Å². The van der Waals surface area contributed by atoms with Gasteiger partial charge in [-0.3, -0.25) is 9.89 Å². The van der Waals surface area contributed by atoms with Crippen molar-refractivity contribution in [3.63, 3.8) is 0 Å². The summed E-state index contributed by atoms with van der Waals surface area (Å²) in [6, 6.07) is 6.30. The molecule has 1 amide bonds. The molecule has 0 saturated heterocycles. The molecule has 1 heterocycles. The number of H-pyrrole nitrogens is 1. The number of benzene rings is 1. The average molecular weight is 261 g/mol.